The van der Waals surface area contributed by atoms with Crippen molar-refractivity contribution in [3.05, 3.63) is 0 Å². The zero-order valence-corrected chi connectivity index (χ0v) is 10.2. The van der Waals surface area contributed by atoms with Crippen molar-refractivity contribution in [2.24, 2.45) is 5.92 Å². The smallest absolute Gasteiger partial charge is 0.305 e. The molecule has 0 aliphatic rings. The molecule has 1 N–H and O–H groups in total. The lowest BCUT2D eigenvalue weighted by atomic mass is 10.1. The molecule has 0 saturated heterocycles. The summed E-state index contributed by atoms with van der Waals surface area (Å²) in [5.74, 6) is -0.122. The fourth-order valence-corrected chi connectivity index (χ4v) is 1.13. The van der Waals surface area contributed by atoms with Crippen LogP contribution in [-0.4, -0.2) is 23.8 Å². The minimum atomic E-state index is -0.419. The number of carbonyl (C=O) groups excluding carboxylic acids is 1. The molecular weight excluding hydrogens is 192 g/mol. The van der Waals surface area contributed by atoms with E-state index in [9.17, 15) is 9.90 Å². The SMILES string of the molecule is CCCCCCC(=O)OCC(C)C(C)O. The fraction of sp³-hybridized carbons (Fsp3) is 0.917. The lowest BCUT2D eigenvalue weighted by Gasteiger charge is -2.14. The first kappa shape index (κ1) is 14.4. The van der Waals surface area contributed by atoms with E-state index in [-0.39, 0.29) is 11.9 Å². The van der Waals surface area contributed by atoms with Gasteiger partial charge in [0.1, 0.15) is 0 Å². The van der Waals surface area contributed by atoms with Crippen molar-refractivity contribution in [1.29, 1.82) is 0 Å². The monoisotopic (exact) mass is 216 g/mol. The van der Waals surface area contributed by atoms with Crippen LogP contribution in [0.5, 0.6) is 0 Å². The molecule has 3 heteroatoms. The van der Waals surface area contributed by atoms with E-state index in [0.717, 1.165) is 12.8 Å². The zero-order chi connectivity index (χ0) is 11.7. The number of carbonyl (C=O) groups is 1. The predicted molar refractivity (Wildman–Crippen MR) is 60.6 cm³/mol. The molecule has 0 aromatic carbocycles. The van der Waals surface area contributed by atoms with Gasteiger partial charge in [0.25, 0.3) is 0 Å². The summed E-state index contributed by atoms with van der Waals surface area (Å²) in [4.78, 5) is 11.2. The van der Waals surface area contributed by atoms with Gasteiger partial charge in [0, 0.05) is 12.3 Å². The maximum absolute atomic E-state index is 11.2. The average molecular weight is 216 g/mol. The molecule has 2 atom stereocenters. The lowest BCUT2D eigenvalue weighted by Crippen LogP contribution is -2.20. The molecule has 0 amide bonds. The number of hydrogen-bond acceptors (Lipinski definition) is 3. The predicted octanol–water partition coefficient (Wildman–Crippen LogP) is 2.52. The molecule has 0 fully saturated rings. The van der Waals surface area contributed by atoms with Gasteiger partial charge in [-0.1, -0.05) is 33.1 Å². The van der Waals surface area contributed by atoms with Crippen LogP contribution in [0.2, 0.25) is 0 Å². The van der Waals surface area contributed by atoms with Crippen LogP contribution in [0.15, 0.2) is 0 Å². The van der Waals surface area contributed by atoms with Gasteiger partial charge in [0.2, 0.25) is 0 Å². The Hall–Kier alpha value is -0.570. The molecular formula is C12H24O3. The Morgan fingerprint density at radius 1 is 1.27 bits per heavy atom. The van der Waals surface area contributed by atoms with Crippen LogP contribution in [0, 0.1) is 5.92 Å². The van der Waals surface area contributed by atoms with E-state index < -0.39 is 6.10 Å². The second kappa shape index (κ2) is 8.72. The van der Waals surface area contributed by atoms with Crippen molar-refractivity contribution in [1.82, 2.24) is 0 Å². The summed E-state index contributed by atoms with van der Waals surface area (Å²) in [5, 5.41) is 9.19. The molecule has 0 aliphatic heterocycles. The van der Waals surface area contributed by atoms with Crippen LogP contribution in [-0.2, 0) is 9.53 Å². The van der Waals surface area contributed by atoms with Gasteiger partial charge in [-0.2, -0.15) is 0 Å². The van der Waals surface area contributed by atoms with E-state index in [1.165, 1.54) is 12.8 Å². The van der Waals surface area contributed by atoms with E-state index in [4.69, 9.17) is 4.74 Å². The number of aliphatic hydroxyl groups excluding tert-OH is 1. The van der Waals surface area contributed by atoms with Crippen molar-refractivity contribution in [3.8, 4) is 0 Å². The van der Waals surface area contributed by atoms with Crippen molar-refractivity contribution in [2.75, 3.05) is 6.61 Å². The fourth-order valence-electron chi connectivity index (χ4n) is 1.13. The molecule has 0 saturated carbocycles. The van der Waals surface area contributed by atoms with Crippen LogP contribution < -0.4 is 0 Å². The molecule has 0 spiro atoms. The second-order valence-corrected chi connectivity index (χ2v) is 4.21. The Kier molecular flexibility index (Phi) is 8.38. The molecule has 0 bridgehead atoms. The van der Waals surface area contributed by atoms with E-state index in [1.807, 2.05) is 6.92 Å². The molecule has 3 nitrogen and oxygen atoms in total. The van der Waals surface area contributed by atoms with Gasteiger partial charge in [-0.3, -0.25) is 4.79 Å². The normalized spacial score (nSPS) is 14.7. The molecule has 0 radical (unpaired) electrons. The highest BCUT2D eigenvalue weighted by molar-refractivity contribution is 5.69. The summed E-state index contributed by atoms with van der Waals surface area (Å²) in [6, 6.07) is 0. The van der Waals surface area contributed by atoms with Gasteiger partial charge in [-0.25, -0.2) is 0 Å². The van der Waals surface area contributed by atoms with Crippen molar-refractivity contribution in [2.45, 2.75) is 59.0 Å². The van der Waals surface area contributed by atoms with Gasteiger partial charge in [0.05, 0.1) is 12.7 Å². The van der Waals surface area contributed by atoms with Crippen molar-refractivity contribution >= 4 is 5.97 Å². The number of aliphatic hydroxyl groups is 1. The van der Waals surface area contributed by atoms with E-state index in [1.54, 1.807) is 6.92 Å². The summed E-state index contributed by atoms with van der Waals surface area (Å²) in [6.45, 7) is 6.04. The van der Waals surface area contributed by atoms with Crippen LogP contribution >= 0.6 is 0 Å². The van der Waals surface area contributed by atoms with Crippen LogP contribution in [0.1, 0.15) is 52.9 Å². The number of esters is 1. The third kappa shape index (κ3) is 8.43. The lowest BCUT2D eigenvalue weighted by molar-refractivity contribution is -0.145. The first-order chi connectivity index (χ1) is 7.07. The molecule has 0 aromatic heterocycles. The summed E-state index contributed by atoms with van der Waals surface area (Å²) in [7, 11) is 0. The van der Waals surface area contributed by atoms with E-state index in [2.05, 4.69) is 6.92 Å². The van der Waals surface area contributed by atoms with E-state index >= 15 is 0 Å². The minimum absolute atomic E-state index is 0.0181. The van der Waals surface area contributed by atoms with Crippen LogP contribution in [0.4, 0.5) is 0 Å². The number of ether oxygens (including phenoxy) is 1. The summed E-state index contributed by atoms with van der Waals surface area (Å²) < 4.78 is 5.05. The van der Waals surface area contributed by atoms with Gasteiger partial charge < -0.3 is 9.84 Å². The average Bonchev–Trinajstić information content (AvgIpc) is 2.20. The molecule has 15 heavy (non-hydrogen) atoms. The Labute approximate surface area is 92.8 Å². The zero-order valence-electron chi connectivity index (χ0n) is 10.2. The molecule has 0 heterocycles. The van der Waals surface area contributed by atoms with Gasteiger partial charge in [0.15, 0.2) is 0 Å². The summed E-state index contributed by atoms with van der Waals surface area (Å²) in [6.07, 6.45) is 4.45. The van der Waals surface area contributed by atoms with Gasteiger partial charge in [-0.05, 0) is 13.3 Å². The third-order valence-corrected chi connectivity index (χ3v) is 2.57. The largest absolute Gasteiger partial charge is 0.465 e. The Bertz CT molecular complexity index is 166. The first-order valence-electron chi connectivity index (χ1n) is 5.91. The number of unbranched alkanes of at least 4 members (excludes halogenated alkanes) is 3. The quantitative estimate of drug-likeness (QED) is 0.501. The highest BCUT2D eigenvalue weighted by atomic mass is 16.5. The molecule has 0 aromatic rings. The Morgan fingerprint density at radius 2 is 1.93 bits per heavy atom. The molecule has 0 aliphatic carbocycles. The van der Waals surface area contributed by atoms with Gasteiger partial charge >= 0.3 is 5.97 Å². The molecule has 2 unspecified atom stereocenters. The Balaban J connectivity index is 3.41. The second-order valence-electron chi connectivity index (χ2n) is 4.21. The highest BCUT2D eigenvalue weighted by Gasteiger charge is 2.11. The van der Waals surface area contributed by atoms with Gasteiger partial charge in [-0.15, -0.1) is 0 Å². The number of rotatable bonds is 8. The van der Waals surface area contributed by atoms with E-state index in [0.29, 0.717) is 13.0 Å². The highest BCUT2D eigenvalue weighted by Crippen LogP contribution is 2.06. The molecule has 90 valence electrons. The summed E-state index contributed by atoms with van der Waals surface area (Å²) >= 11 is 0. The summed E-state index contributed by atoms with van der Waals surface area (Å²) in [5.41, 5.74) is 0. The molecule has 0 rings (SSSR count). The van der Waals surface area contributed by atoms with Crippen LogP contribution in [0.3, 0.4) is 0 Å². The standard InChI is InChI=1S/C12H24O3/c1-4-5-6-7-8-12(14)15-9-10(2)11(3)13/h10-11,13H,4-9H2,1-3H3. The van der Waals surface area contributed by atoms with Crippen molar-refractivity contribution < 1.29 is 14.6 Å². The number of hydrogen-bond donors (Lipinski definition) is 1. The third-order valence-electron chi connectivity index (χ3n) is 2.57. The first-order valence-corrected chi connectivity index (χ1v) is 5.91. The maximum atomic E-state index is 11.2. The Morgan fingerprint density at radius 3 is 2.47 bits per heavy atom. The minimum Gasteiger partial charge on any atom is -0.465 e. The topological polar surface area (TPSA) is 46.5 Å². The van der Waals surface area contributed by atoms with Crippen LogP contribution in [0.25, 0.3) is 0 Å². The van der Waals surface area contributed by atoms with Crippen molar-refractivity contribution in [3.63, 3.8) is 0 Å². The maximum Gasteiger partial charge on any atom is 0.305 e.